The lowest BCUT2D eigenvalue weighted by atomic mass is 10.0. The van der Waals surface area contributed by atoms with Crippen LogP contribution in [0.1, 0.15) is 27.5 Å². The molecule has 33 heavy (non-hydrogen) atoms. The zero-order valence-electron chi connectivity index (χ0n) is 17.6. The predicted molar refractivity (Wildman–Crippen MR) is 116 cm³/mol. The molecule has 2 N–H and O–H groups in total. The third-order valence-corrected chi connectivity index (χ3v) is 5.97. The van der Waals surface area contributed by atoms with Crippen LogP contribution in [0.4, 0.5) is 19.0 Å². The number of anilines is 1. The van der Waals surface area contributed by atoms with Crippen LogP contribution < -0.4 is 5.73 Å². The average molecular weight is 455 g/mol. The summed E-state index contributed by atoms with van der Waals surface area (Å²) in [5, 5.41) is 5.79. The van der Waals surface area contributed by atoms with Crippen molar-refractivity contribution in [1.82, 2.24) is 19.7 Å². The number of pyridine rings is 1. The van der Waals surface area contributed by atoms with Gasteiger partial charge in [-0.15, -0.1) is 0 Å². The first-order valence-electron chi connectivity index (χ1n) is 10.3. The second kappa shape index (κ2) is 7.73. The van der Waals surface area contributed by atoms with Crippen molar-refractivity contribution in [1.29, 1.82) is 0 Å². The highest BCUT2D eigenvalue weighted by Gasteiger charge is 2.33. The minimum atomic E-state index is -4.42. The Kier molecular flexibility index (Phi) is 4.97. The van der Waals surface area contributed by atoms with Crippen LogP contribution in [-0.4, -0.2) is 45.3 Å². The molecule has 0 aliphatic carbocycles. The van der Waals surface area contributed by atoms with E-state index < -0.39 is 17.8 Å². The van der Waals surface area contributed by atoms with Gasteiger partial charge in [0.2, 0.25) is 0 Å². The normalized spacial score (nSPS) is 17.1. The van der Waals surface area contributed by atoms with Gasteiger partial charge in [-0.2, -0.15) is 18.3 Å². The molecule has 3 heterocycles. The molecular weight excluding hydrogens is 435 g/mol. The number of alkyl halides is 3. The molecule has 0 saturated carbocycles. The van der Waals surface area contributed by atoms with Gasteiger partial charge >= 0.3 is 6.18 Å². The number of ether oxygens (including phenoxy) is 1. The van der Waals surface area contributed by atoms with Gasteiger partial charge in [0.15, 0.2) is 0 Å². The lowest BCUT2D eigenvalue weighted by Crippen LogP contribution is -2.43. The Bertz CT molecular complexity index is 1360. The molecule has 170 valence electrons. The van der Waals surface area contributed by atoms with Gasteiger partial charge in [-0.3, -0.25) is 9.48 Å². The van der Waals surface area contributed by atoms with Crippen molar-refractivity contribution in [2.45, 2.75) is 12.2 Å². The molecule has 0 spiro atoms. The van der Waals surface area contributed by atoms with Crippen molar-refractivity contribution in [3.8, 4) is 0 Å². The number of aryl methyl sites for hydroxylation is 1. The molecule has 2 aromatic heterocycles. The fraction of sp³-hybridized carbons (Fsp3) is 0.261. The lowest BCUT2D eigenvalue weighted by molar-refractivity contribution is -0.137. The fourth-order valence-electron chi connectivity index (χ4n) is 4.29. The molecule has 0 bridgehead atoms. The summed E-state index contributed by atoms with van der Waals surface area (Å²) in [7, 11) is 1.77. The number of carbonyl (C=O) groups is 1. The van der Waals surface area contributed by atoms with Crippen molar-refractivity contribution < 1.29 is 22.7 Å². The Balaban J connectivity index is 1.52. The molecular formula is C23H20F3N5O2. The smallest absolute Gasteiger partial charge is 0.382 e. The van der Waals surface area contributed by atoms with E-state index in [1.807, 2.05) is 0 Å². The Labute approximate surface area is 186 Å². The molecule has 7 nitrogen and oxygen atoms in total. The first-order valence-corrected chi connectivity index (χ1v) is 10.3. The van der Waals surface area contributed by atoms with Crippen LogP contribution in [0.25, 0.3) is 21.8 Å². The van der Waals surface area contributed by atoms with Crippen molar-refractivity contribution in [3.05, 3.63) is 65.4 Å². The molecule has 10 heteroatoms. The Morgan fingerprint density at radius 2 is 1.91 bits per heavy atom. The van der Waals surface area contributed by atoms with Gasteiger partial charge in [-0.05, 0) is 35.9 Å². The van der Waals surface area contributed by atoms with Gasteiger partial charge in [0, 0.05) is 29.9 Å². The number of nitrogen functional groups attached to an aromatic ring is 1. The van der Waals surface area contributed by atoms with Crippen LogP contribution in [0.3, 0.4) is 0 Å². The maximum absolute atomic E-state index is 13.5. The molecule has 5 rings (SSSR count). The van der Waals surface area contributed by atoms with E-state index in [-0.39, 0.29) is 12.5 Å². The Morgan fingerprint density at radius 3 is 2.64 bits per heavy atom. The quantitative estimate of drug-likeness (QED) is 0.495. The summed E-state index contributed by atoms with van der Waals surface area (Å²) in [6.45, 7) is 0.877. The van der Waals surface area contributed by atoms with E-state index in [4.69, 9.17) is 10.5 Å². The Hall–Kier alpha value is -3.66. The maximum Gasteiger partial charge on any atom is 0.416 e. The topological polar surface area (TPSA) is 86.3 Å². The molecule has 1 saturated heterocycles. The number of morpholine rings is 1. The summed E-state index contributed by atoms with van der Waals surface area (Å²) in [4.78, 5) is 19.5. The largest absolute Gasteiger partial charge is 0.416 e. The first kappa shape index (κ1) is 21.2. The standard InChI is InChI=1S/C23H20F3N5O2/c1-30-20-17(11-28-30)16-10-14(4-7-18(16)29-21(20)27)22(32)31-8-9-33-12-19(31)13-2-5-15(6-3-13)23(24,25)26/h2-7,10-11,19H,8-9,12H2,1H3,(H2,27,29)/t19-/m1/s1. The molecule has 0 unspecified atom stereocenters. The van der Waals surface area contributed by atoms with Crippen molar-refractivity contribution in [2.75, 3.05) is 25.5 Å². The zero-order valence-corrected chi connectivity index (χ0v) is 17.6. The molecule has 1 atom stereocenters. The van der Waals surface area contributed by atoms with Crippen molar-refractivity contribution in [2.24, 2.45) is 7.05 Å². The summed E-state index contributed by atoms with van der Waals surface area (Å²) < 4.78 is 46.0. The number of rotatable bonds is 2. The third kappa shape index (κ3) is 3.66. The summed E-state index contributed by atoms with van der Waals surface area (Å²) >= 11 is 0. The van der Waals surface area contributed by atoms with E-state index in [0.29, 0.717) is 41.1 Å². The number of hydrogen-bond acceptors (Lipinski definition) is 5. The number of hydrogen-bond donors (Lipinski definition) is 1. The van der Waals surface area contributed by atoms with Gasteiger partial charge < -0.3 is 15.4 Å². The third-order valence-electron chi connectivity index (χ3n) is 5.97. The van der Waals surface area contributed by atoms with E-state index >= 15 is 0 Å². The highest BCUT2D eigenvalue weighted by atomic mass is 19.4. The molecule has 1 amide bonds. The van der Waals surface area contributed by atoms with Crippen molar-refractivity contribution >= 4 is 33.5 Å². The van der Waals surface area contributed by atoms with E-state index in [9.17, 15) is 18.0 Å². The maximum atomic E-state index is 13.5. The van der Waals surface area contributed by atoms with Crippen LogP contribution in [0.5, 0.6) is 0 Å². The average Bonchev–Trinajstić information content (AvgIpc) is 3.20. The summed E-state index contributed by atoms with van der Waals surface area (Å²) in [5.41, 5.74) is 7.69. The SMILES string of the molecule is Cn1ncc2c3cc(C(=O)N4CCOC[C@@H]4c4ccc(C(F)(F)F)cc4)ccc3nc(N)c21. The van der Waals surface area contributed by atoms with Gasteiger partial charge in [0.1, 0.15) is 11.3 Å². The van der Waals surface area contributed by atoms with Crippen LogP contribution in [0, 0.1) is 0 Å². The second-order valence-corrected chi connectivity index (χ2v) is 7.97. The highest BCUT2D eigenvalue weighted by Crippen LogP contribution is 2.33. The van der Waals surface area contributed by atoms with Gasteiger partial charge in [-0.25, -0.2) is 4.98 Å². The second-order valence-electron chi connectivity index (χ2n) is 7.97. The first-order chi connectivity index (χ1) is 15.7. The number of aromatic nitrogens is 3. The van der Waals surface area contributed by atoms with Gasteiger partial charge in [-0.1, -0.05) is 12.1 Å². The number of carbonyl (C=O) groups excluding carboxylic acids is 1. The minimum Gasteiger partial charge on any atom is -0.382 e. The molecule has 4 aromatic rings. The molecule has 1 aliphatic rings. The van der Waals surface area contributed by atoms with Crippen LogP contribution >= 0.6 is 0 Å². The fourth-order valence-corrected chi connectivity index (χ4v) is 4.29. The molecule has 1 fully saturated rings. The van der Waals surface area contributed by atoms with E-state index in [0.717, 1.165) is 22.9 Å². The minimum absolute atomic E-state index is 0.204. The van der Waals surface area contributed by atoms with Crippen LogP contribution in [0.15, 0.2) is 48.7 Å². The van der Waals surface area contributed by atoms with Gasteiger partial charge in [0.05, 0.1) is 36.5 Å². The Morgan fingerprint density at radius 1 is 1.15 bits per heavy atom. The summed E-state index contributed by atoms with van der Waals surface area (Å²) in [5.74, 6) is 0.117. The highest BCUT2D eigenvalue weighted by molar-refractivity contribution is 6.10. The van der Waals surface area contributed by atoms with E-state index in [1.165, 1.54) is 12.1 Å². The number of fused-ring (bicyclic) bond motifs is 3. The van der Waals surface area contributed by atoms with Gasteiger partial charge in [0.25, 0.3) is 5.91 Å². The van der Waals surface area contributed by atoms with Crippen molar-refractivity contribution in [3.63, 3.8) is 0 Å². The lowest BCUT2D eigenvalue weighted by Gasteiger charge is -2.36. The zero-order chi connectivity index (χ0) is 23.3. The number of benzene rings is 2. The number of halogens is 3. The van der Waals surface area contributed by atoms with E-state index in [2.05, 4.69) is 10.1 Å². The number of nitrogens with zero attached hydrogens (tertiary/aromatic N) is 4. The molecule has 1 aliphatic heterocycles. The molecule has 2 aromatic carbocycles. The van der Waals surface area contributed by atoms with Crippen LogP contribution in [0.2, 0.25) is 0 Å². The monoisotopic (exact) mass is 455 g/mol. The predicted octanol–water partition coefficient (Wildman–Crippen LogP) is 3.94. The van der Waals surface area contributed by atoms with Crippen LogP contribution in [-0.2, 0) is 18.0 Å². The number of nitrogens with two attached hydrogens (primary N) is 1. The number of amides is 1. The van der Waals surface area contributed by atoms with E-state index in [1.54, 1.807) is 41.0 Å². The summed E-state index contributed by atoms with van der Waals surface area (Å²) in [6.07, 6.45) is -2.74. The molecule has 0 radical (unpaired) electrons. The summed E-state index contributed by atoms with van der Waals surface area (Å²) in [6, 6.07) is 9.52.